The molecule has 0 radical (unpaired) electrons. The standard InChI is InChI=1S/C23H27FN2O3/c1-16(13-17-7-5-6-8-19(17)24)23(27)26-12-11-25(2)20(15-26)18-9-10-21(28-3)22(14-18)29-4/h5-10,13-14,20H,11-12,15H2,1-4H3/b16-13+. The molecule has 154 valence electrons. The first-order valence-corrected chi connectivity index (χ1v) is 9.59. The van der Waals surface area contributed by atoms with Gasteiger partial charge in [-0.1, -0.05) is 24.3 Å². The van der Waals surface area contributed by atoms with Crippen molar-refractivity contribution in [1.82, 2.24) is 9.80 Å². The van der Waals surface area contributed by atoms with Gasteiger partial charge in [0.05, 0.1) is 20.3 Å². The second-order valence-corrected chi connectivity index (χ2v) is 7.21. The first kappa shape index (κ1) is 20.9. The third-order valence-corrected chi connectivity index (χ3v) is 5.34. The van der Waals surface area contributed by atoms with Crippen molar-refractivity contribution in [2.45, 2.75) is 13.0 Å². The Hall–Kier alpha value is -2.86. The molecule has 3 rings (SSSR count). The summed E-state index contributed by atoms with van der Waals surface area (Å²) in [6.07, 6.45) is 1.61. The molecule has 1 fully saturated rings. The van der Waals surface area contributed by atoms with Crippen LogP contribution < -0.4 is 9.47 Å². The Bertz CT molecular complexity index is 913. The number of ether oxygens (including phenoxy) is 2. The first-order chi connectivity index (χ1) is 13.9. The van der Waals surface area contributed by atoms with Crippen molar-refractivity contribution >= 4 is 12.0 Å². The Morgan fingerprint density at radius 1 is 1.10 bits per heavy atom. The lowest BCUT2D eigenvalue weighted by molar-refractivity contribution is -0.129. The van der Waals surface area contributed by atoms with Gasteiger partial charge in [0.2, 0.25) is 5.91 Å². The van der Waals surface area contributed by atoms with Crippen molar-refractivity contribution in [3.63, 3.8) is 0 Å². The minimum atomic E-state index is -0.332. The van der Waals surface area contributed by atoms with Crippen LogP contribution in [0.15, 0.2) is 48.0 Å². The van der Waals surface area contributed by atoms with E-state index >= 15 is 0 Å². The van der Waals surface area contributed by atoms with Gasteiger partial charge >= 0.3 is 0 Å². The fraction of sp³-hybridized carbons (Fsp3) is 0.348. The van der Waals surface area contributed by atoms with E-state index in [1.165, 1.54) is 6.07 Å². The molecule has 1 aliphatic heterocycles. The van der Waals surface area contributed by atoms with Crippen LogP contribution in [0.1, 0.15) is 24.1 Å². The quantitative estimate of drug-likeness (QED) is 0.720. The number of hydrogen-bond acceptors (Lipinski definition) is 4. The van der Waals surface area contributed by atoms with Crippen molar-refractivity contribution in [3.05, 3.63) is 65.0 Å². The third-order valence-electron chi connectivity index (χ3n) is 5.34. The molecule has 2 aromatic carbocycles. The van der Waals surface area contributed by atoms with Crippen LogP contribution in [0.4, 0.5) is 4.39 Å². The minimum Gasteiger partial charge on any atom is -0.493 e. The smallest absolute Gasteiger partial charge is 0.249 e. The molecule has 1 aliphatic rings. The van der Waals surface area contributed by atoms with Crippen LogP contribution in [-0.4, -0.2) is 56.6 Å². The Morgan fingerprint density at radius 3 is 2.52 bits per heavy atom. The molecule has 0 aromatic heterocycles. The summed E-state index contributed by atoms with van der Waals surface area (Å²) in [5.41, 5.74) is 1.99. The maximum atomic E-state index is 13.9. The zero-order valence-corrected chi connectivity index (χ0v) is 17.3. The van der Waals surface area contributed by atoms with Crippen LogP contribution in [0.3, 0.4) is 0 Å². The normalized spacial score (nSPS) is 17.9. The van der Waals surface area contributed by atoms with Crippen LogP contribution in [0.25, 0.3) is 6.08 Å². The zero-order chi connectivity index (χ0) is 21.0. The molecule has 29 heavy (non-hydrogen) atoms. The number of benzene rings is 2. The Morgan fingerprint density at radius 2 is 1.83 bits per heavy atom. The molecule has 6 heteroatoms. The summed E-state index contributed by atoms with van der Waals surface area (Å²) in [6.45, 7) is 3.66. The summed E-state index contributed by atoms with van der Waals surface area (Å²) in [6, 6.07) is 12.3. The average molecular weight is 398 g/mol. The summed E-state index contributed by atoms with van der Waals surface area (Å²) in [5, 5.41) is 0. The number of carbonyl (C=O) groups is 1. The van der Waals surface area contributed by atoms with Crippen LogP contribution in [-0.2, 0) is 4.79 Å². The number of nitrogens with zero attached hydrogens (tertiary/aromatic N) is 2. The maximum Gasteiger partial charge on any atom is 0.249 e. The molecule has 1 amide bonds. The monoisotopic (exact) mass is 398 g/mol. The summed E-state index contributed by atoms with van der Waals surface area (Å²) in [4.78, 5) is 17.0. The highest BCUT2D eigenvalue weighted by atomic mass is 19.1. The van der Waals surface area contributed by atoms with Crippen LogP contribution >= 0.6 is 0 Å². The van der Waals surface area contributed by atoms with E-state index in [4.69, 9.17) is 9.47 Å². The molecule has 0 spiro atoms. The van der Waals surface area contributed by atoms with Gasteiger partial charge in [0.15, 0.2) is 11.5 Å². The summed E-state index contributed by atoms with van der Waals surface area (Å²) < 4.78 is 24.7. The fourth-order valence-electron chi connectivity index (χ4n) is 3.61. The Labute approximate surface area is 171 Å². The van der Waals surface area contributed by atoms with Gasteiger partial charge in [-0.05, 0) is 43.8 Å². The van der Waals surface area contributed by atoms with Gasteiger partial charge in [-0.25, -0.2) is 4.39 Å². The lowest BCUT2D eigenvalue weighted by Crippen LogP contribution is -2.49. The number of rotatable bonds is 5. The van der Waals surface area contributed by atoms with E-state index in [9.17, 15) is 9.18 Å². The number of halogens is 1. The molecule has 5 nitrogen and oxygen atoms in total. The van der Waals surface area contributed by atoms with E-state index in [1.54, 1.807) is 45.4 Å². The average Bonchev–Trinajstić information content (AvgIpc) is 2.74. The van der Waals surface area contributed by atoms with Gasteiger partial charge in [-0.15, -0.1) is 0 Å². The molecule has 0 aliphatic carbocycles. The molecule has 0 bridgehead atoms. The number of hydrogen-bond donors (Lipinski definition) is 0. The van der Waals surface area contributed by atoms with E-state index in [2.05, 4.69) is 4.90 Å². The van der Waals surface area contributed by atoms with Gasteiger partial charge in [0.1, 0.15) is 5.82 Å². The van der Waals surface area contributed by atoms with Crippen LogP contribution in [0.5, 0.6) is 11.5 Å². The zero-order valence-electron chi connectivity index (χ0n) is 17.3. The van der Waals surface area contributed by atoms with E-state index in [0.717, 1.165) is 12.1 Å². The Kier molecular flexibility index (Phi) is 6.54. The highest BCUT2D eigenvalue weighted by molar-refractivity contribution is 5.97. The van der Waals surface area contributed by atoms with Crippen molar-refractivity contribution in [1.29, 1.82) is 0 Å². The van der Waals surface area contributed by atoms with E-state index < -0.39 is 0 Å². The second kappa shape index (κ2) is 9.09. The van der Waals surface area contributed by atoms with Gasteiger partial charge in [0.25, 0.3) is 0 Å². The summed E-state index contributed by atoms with van der Waals surface area (Å²) in [5.74, 6) is 0.928. The molecule has 1 saturated heterocycles. The van der Waals surface area contributed by atoms with Gasteiger partial charge in [-0.2, -0.15) is 0 Å². The van der Waals surface area contributed by atoms with Gasteiger partial charge in [0, 0.05) is 30.8 Å². The minimum absolute atomic E-state index is 0.0359. The first-order valence-electron chi connectivity index (χ1n) is 9.59. The summed E-state index contributed by atoms with van der Waals surface area (Å²) in [7, 11) is 5.26. The van der Waals surface area contributed by atoms with E-state index in [0.29, 0.717) is 35.7 Å². The number of methoxy groups -OCH3 is 2. The highest BCUT2D eigenvalue weighted by Gasteiger charge is 2.29. The lowest BCUT2D eigenvalue weighted by atomic mass is 10.0. The molecule has 1 unspecified atom stereocenters. The number of carbonyl (C=O) groups excluding carboxylic acids is 1. The summed E-state index contributed by atoms with van der Waals surface area (Å²) >= 11 is 0. The maximum absolute atomic E-state index is 13.9. The Balaban J connectivity index is 1.80. The van der Waals surface area contributed by atoms with Crippen LogP contribution in [0, 0.1) is 5.82 Å². The van der Waals surface area contributed by atoms with Crippen molar-refractivity contribution in [2.24, 2.45) is 0 Å². The van der Waals surface area contributed by atoms with Gasteiger partial charge in [-0.3, -0.25) is 9.69 Å². The third kappa shape index (κ3) is 4.59. The molecular weight excluding hydrogens is 371 g/mol. The lowest BCUT2D eigenvalue weighted by Gasteiger charge is -2.40. The predicted molar refractivity (Wildman–Crippen MR) is 112 cm³/mol. The van der Waals surface area contributed by atoms with Crippen LogP contribution in [0.2, 0.25) is 0 Å². The molecule has 2 aromatic rings. The van der Waals surface area contributed by atoms with Crippen molar-refractivity contribution in [2.75, 3.05) is 40.9 Å². The molecule has 1 heterocycles. The number of piperazine rings is 1. The molecular formula is C23H27FN2O3. The predicted octanol–water partition coefficient (Wildman–Crippen LogP) is 3.76. The second-order valence-electron chi connectivity index (χ2n) is 7.21. The molecule has 1 atom stereocenters. The van der Waals surface area contributed by atoms with E-state index in [-0.39, 0.29) is 17.8 Å². The number of amides is 1. The molecule has 0 saturated carbocycles. The van der Waals surface area contributed by atoms with Crippen molar-refractivity contribution in [3.8, 4) is 11.5 Å². The highest BCUT2D eigenvalue weighted by Crippen LogP contribution is 2.33. The topological polar surface area (TPSA) is 42.0 Å². The SMILES string of the molecule is COc1ccc(C2CN(C(=O)/C(C)=C/c3ccccc3F)CCN2C)cc1OC. The number of likely N-dealkylation sites (N-methyl/N-ethyl adjacent to an activating group) is 1. The fourth-order valence-corrected chi connectivity index (χ4v) is 3.61. The van der Waals surface area contributed by atoms with Crippen molar-refractivity contribution < 1.29 is 18.7 Å². The van der Waals surface area contributed by atoms with Gasteiger partial charge < -0.3 is 14.4 Å². The molecule has 0 N–H and O–H groups in total. The largest absolute Gasteiger partial charge is 0.493 e. The van der Waals surface area contributed by atoms with E-state index in [1.807, 2.05) is 30.1 Å².